The fraction of sp³-hybridized carbons (Fsp3) is 0.382. The molecule has 1 N–H and O–H groups in total. The topological polar surface area (TPSA) is 41.6 Å². The van der Waals surface area contributed by atoms with Crippen LogP contribution in [0.25, 0.3) is 30.6 Å². The summed E-state index contributed by atoms with van der Waals surface area (Å²) < 4.78 is 6.71. The maximum absolute atomic E-state index is 4.98. The summed E-state index contributed by atoms with van der Waals surface area (Å²) in [7, 11) is 3.37. The minimum atomic E-state index is 0. The zero-order valence-electron chi connectivity index (χ0n) is 27.3. The van der Waals surface area contributed by atoms with Crippen LogP contribution in [0.1, 0.15) is 90.5 Å². The molecular formula is C34H53N3S6. The zero-order chi connectivity index (χ0) is 32.3. The van der Waals surface area contributed by atoms with Crippen molar-refractivity contribution in [3.8, 4) is 0 Å². The molecule has 3 aromatic carbocycles. The van der Waals surface area contributed by atoms with Crippen molar-refractivity contribution in [2.24, 2.45) is 0 Å². The quantitative estimate of drug-likeness (QED) is 0.147. The number of fused-ring (bicyclic) bond motifs is 3. The molecule has 0 fully saturated rings. The van der Waals surface area contributed by atoms with Crippen LogP contribution >= 0.6 is 67.8 Å². The molecule has 0 aliphatic rings. The first-order valence-electron chi connectivity index (χ1n) is 14.9. The van der Waals surface area contributed by atoms with E-state index >= 15 is 0 Å². The van der Waals surface area contributed by atoms with Gasteiger partial charge in [-0.15, -0.1) is 34.0 Å². The molecule has 0 radical (unpaired) electrons. The lowest BCUT2D eigenvalue weighted by Crippen LogP contribution is -1.67. The third-order valence-electron chi connectivity index (χ3n) is 4.06. The van der Waals surface area contributed by atoms with E-state index in [1.807, 2.05) is 113 Å². The van der Waals surface area contributed by atoms with Gasteiger partial charge in [-0.25, -0.2) is 9.97 Å². The van der Waals surface area contributed by atoms with E-state index in [0.717, 1.165) is 29.2 Å². The number of rotatable bonds is 3. The number of nitrogens with zero attached hydrogens (tertiary/aromatic N) is 2. The van der Waals surface area contributed by atoms with E-state index in [-0.39, 0.29) is 7.43 Å². The molecule has 0 amide bonds. The molecule has 3 aromatic heterocycles. The van der Waals surface area contributed by atoms with Crippen LogP contribution in [0.2, 0.25) is 0 Å². The molecule has 0 spiro atoms. The molecule has 6 aromatic rings. The van der Waals surface area contributed by atoms with Crippen LogP contribution in [0, 0.1) is 3.95 Å². The maximum Gasteiger partial charge on any atom is 0.162 e. The summed E-state index contributed by atoms with van der Waals surface area (Å²) in [4.78, 5) is 12.3. The number of H-pyrrole nitrogens is 1. The molecular weight excluding hydrogens is 643 g/mol. The Labute approximate surface area is 287 Å². The number of aromatic nitrogens is 3. The molecule has 3 heterocycles. The predicted octanol–water partition coefficient (Wildman–Crippen LogP) is 15.5. The highest BCUT2D eigenvalue weighted by Crippen LogP contribution is 2.43. The van der Waals surface area contributed by atoms with Gasteiger partial charge in [-0.2, -0.15) is 0 Å². The maximum atomic E-state index is 4.98. The Kier molecular flexibility index (Phi) is 32.2. The molecule has 0 aliphatic carbocycles. The van der Waals surface area contributed by atoms with Gasteiger partial charge in [-0.05, 0) is 70.2 Å². The van der Waals surface area contributed by atoms with Crippen molar-refractivity contribution in [3.05, 3.63) is 76.8 Å². The van der Waals surface area contributed by atoms with Crippen molar-refractivity contribution in [3.63, 3.8) is 0 Å². The Morgan fingerprint density at radius 1 is 0.512 bits per heavy atom. The standard InChI is InChI=1S/C14H8N2S4.C7H5NS2.6C2H6.CH4/c1-3-7-11-9(5-1)15-13(17-11)19-20-14-16-10-6-2-4-8-12(10)18-14;9-7-8-5-3-1-2-4-6(5)10-7;6*1-2;/h1-8H;1-4H,(H,8,9);6*1-2H3;1H4. The van der Waals surface area contributed by atoms with Crippen LogP contribution in [-0.4, -0.2) is 15.0 Å². The summed E-state index contributed by atoms with van der Waals surface area (Å²) in [5.41, 5.74) is 3.28. The second-order valence-electron chi connectivity index (χ2n) is 6.07. The van der Waals surface area contributed by atoms with Gasteiger partial charge < -0.3 is 4.98 Å². The van der Waals surface area contributed by atoms with Gasteiger partial charge in [-0.3, -0.25) is 0 Å². The van der Waals surface area contributed by atoms with E-state index in [1.165, 1.54) is 14.1 Å². The average molecular weight is 696 g/mol. The summed E-state index contributed by atoms with van der Waals surface area (Å²) in [5, 5.41) is 0. The van der Waals surface area contributed by atoms with Gasteiger partial charge in [0.15, 0.2) is 12.6 Å². The van der Waals surface area contributed by atoms with Crippen molar-refractivity contribution in [2.75, 3.05) is 0 Å². The lowest BCUT2D eigenvalue weighted by atomic mass is 10.3. The average Bonchev–Trinajstić information content (AvgIpc) is 3.81. The van der Waals surface area contributed by atoms with Crippen molar-refractivity contribution in [1.29, 1.82) is 0 Å². The van der Waals surface area contributed by atoms with Gasteiger partial charge in [0, 0.05) is 0 Å². The minimum Gasteiger partial charge on any atom is -0.337 e. The molecule has 0 saturated heterocycles. The number of nitrogens with one attached hydrogen (secondary N) is 1. The van der Waals surface area contributed by atoms with Crippen LogP contribution in [0.5, 0.6) is 0 Å². The molecule has 3 nitrogen and oxygen atoms in total. The lowest BCUT2D eigenvalue weighted by molar-refractivity contribution is 1.31. The Hall–Kier alpha value is -1.75. The third-order valence-corrected chi connectivity index (χ3v) is 10.3. The van der Waals surface area contributed by atoms with Crippen LogP contribution in [0.4, 0.5) is 0 Å². The first kappa shape index (κ1) is 45.7. The Bertz CT molecular complexity index is 1320. The second kappa shape index (κ2) is 30.3. The fourth-order valence-electron chi connectivity index (χ4n) is 2.74. The second-order valence-corrected chi connectivity index (χ2v) is 12.5. The van der Waals surface area contributed by atoms with Crippen LogP contribution < -0.4 is 0 Å². The van der Waals surface area contributed by atoms with Crippen LogP contribution in [0.15, 0.2) is 81.5 Å². The number of aromatic amines is 1. The van der Waals surface area contributed by atoms with Gasteiger partial charge in [0.25, 0.3) is 0 Å². The van der Waals surface area contributed by atoms with Gasteiger partial charge in [-0.1, -0.05) is 127 Å². The van der Waals surface area contributed by atoms with Crippen molar-refractivity contribution >= 4 is 98.5 Å². The summed E-state index contributed by atoms with van der Waals surface area (Å²) in [6.07, 6.45) is 0. The van der Waals surface area contributed by atoms with E-state index in [4.69, 9.17) is 12.2 Å². The van der Waals surface area contributed by atoms with Crippen LogP contribution in [0.3, 0.4) is 0 Å². The summed E-state index contributed by atoms with van der Waals surface area (Å²) in [5.74, 6) is 0. The monoisotopic (exact) mass is 695 g/mol. The molecule has 0 atom stereocenters. The highest BCUT2D eigenvalue weighted by atomic mass is 33.1. The van der Waals surface area contributed by atoms with Gasteiger partial charge in [0.1, 0.15) is 0 Å². The number of para-hydroxylation sites is 3. The van der Waals surface area contributed by atoms with E-state index in [0.29, 0.717) is 0 Å². The number of hydrogen-bond donors (Lipinski definition) is 1. The molecule has 0 aliphatic heterocycles. The molecule has 240 valence electrons. The zero-order valence-corrected chi connectivity index (χ0v) is 32.2. The smallest absolute Gasteiger partial charge is 0.162 e. The van der Waals surface area contributed by atoms with Crippen molar-refractivity contribution in [1.82, 2.24) is 15.0 Å². The Morgan fingerprint density at radius 3 is 1.23 bits per heavy atom. The third kappa shape index (κ3) is 16.2. The molecule has 0 unspecified atom stereocenters. The normalized spacial score (nSPS) is 8.56. The first-order valence-corrected chi connectivity index (χ1v) is 19.9. The number of benzene rings is 3. The minimum absolute atomic E-state index is 0. The molecule has 0 bridgehead atoms. The number of hydrogen-bond acceptors (Lipinski definition) is 8. The molecule has 0 saturated carbocycles. The van der Waals surface area contributed by atoms with E-state index in [2.05, 4.69) is 57.4 Å². The van der Waals surface area contributed by atoms with Crippen molar-refractivity contribution in [2.45, 2.75) is 99.2 Å². The van der Waals surface area contributed by atoms with E-state index in [1.54, 1.807) is 55.6 Å². The fourth-order valence-corrected chi connectivity index (χ4v) is 8.35. The SMILES string of the molecule is C.CC.CC.CC.CC.CC.CC.S=c1[nH]c2ccccc2s1.c1ccc2sc(SSc3nc4ccccc4s3)nc2c1. The largest absolute Gasteiger partial charge is 0.337 e. The first-order chi connectivity index (χ1) is 20.7. The predicted molar refractivity (Wildman–Crippen MR) is 213 cm³/mol. The van der Waals surface area contributed by atoms with Crippen LogP contribution in [-0.2, 0) is 0 Å². The lowest BCUT2D eigenvalue weighted by Gasteiger charge is -1.90. The van der Waals surface area contributed by atoms with Crippen molar-refractivity contribution < 1.29 is 0 Å². The molecule has 6 rings (SSSR count). The summed E-state index contributed by atoms with van der Waals surface area (Å²) in [6, 6.07) is 24.6. The number of thiazole rings is 3. The summed E-state index contributed by atoms with van der Waals surface area (Å²) in [6.45, 7) is 24.0. The highest BCUT2D eigenvalue weighted by Gasteiger charge is 2.08. The summed E-state index contributed by atoms with van der Waals surface area (Å²) >= 11 is 10.0. The van der Waals surface area contributed by atoms with E-state index < -0.39 is 0 Å². The molecule has 9 heteroatoms. The van der Waals surface area contributed by atoms with E-state index in [9.17, 15) is 0 Å². The van der Waals surface area contributed by atoms with Gasteiger partial charge >= 0.3 is 0 Å². The van der Waals surface area contributed by atoms with Gasteiger partial charge in [0.2, 0.25) is 0 Å². The Balaban J connectivity index is -0.000000592. The highest BCUT2D eigenvalue weighted by molar-refractivity contribution is 8.77. The molecule has 43 heavy (non-hydrogen) atoms. The Morgan fingerprint density at radius 2 is 0.860 bits per heavy atom. The van der Waals surface area contributed by atoms with Gasteiger partial charge in [0.05, 0.1) is 30.6 Å².